The predicted molar refractivity (Wildman–Crippen MR) is 68.0 cm³/mol. The number of ether oxygens (including phenoxy) is 1. The second-order valence-corrected chi connectivity index (χ2v) is 4.28. The minimum atomic E-state index is -0.864. The zero-order valence-electron chi connectivity index (χ0n) is 10.9. The number of imidazole rings is 1. The maximum absolute atomic E-state index is 10.8. The number of aromatic nitrogens is 2. The van der Waals surface area contributed by atoms with E-state index in [2.05, 4.69) is 4.98 Å². The zero-order valence-corrected chi connectivity index (χ0v) is 10.9. The average Bonchev–Trinajstić information content (AvgIpc) is 3.01. The van der Waals surface area contributed by atoms with Crippen molar-refractivity contribution in [3.8, 4) is 0 Å². The van der Waals surface area contributed by atoms with Gasteiger partial charge >= 0.3 is 5.82 Å². The van der Waals surface area contributed by atoms with Gasteiger partial charge in [-0.25, -0.2) is 9.55 Å². The van der Waals surface area contributed by atoms with Gasteiger partial charge in [0.15, 0.2) is 5.82 Å². The molecule has 0 aliphatic rings. The van der Waals surface area contributed by atoms with Crippen LogP contribution in [0.4, 0.5) is 5.82 Å². The first-order valence-corrected chi connectivity index (χ1v) is 6.02. The summed E-state index contributed by atoms with van der Waals surface area (Å²) in [5.41, 5.74) is 0. The number of aryl methyl sites for hydroxylation is 1. The third kappa shape index (κ3) is 3.43. The number of nitrogens with zero attached hydrogens (tertiary/aromatic N) is 3. The fourth-order valence-electron chi connectivity index (χ4n) is 1.78. The Kier molecular flexibility index (Phi) is 4.49. The fraction of sp³-hybridized carbons (Fsp3) is 0.417. The number of aliphatic hydroxyl groups excluding tert-OH is 1. The molecule has 0 fully saturated rings. The van der Waals surface area contributed by atoms with Crippen molar-refractivity contribution >= 4 is 5.82 Å². The summed E-state index contributed by atoms with van der Waals surface area (Å²) < 4.78 is 11.7. The van der Waals surface area contributed by atoms with Gasteiger partial charge in [0.25, 0.3) is 0 Å². The summed E-state index contributed by atoms with van der Waals surface area (Å²) in [6.07, 6.45) is 1.84. The number of nitro groups is 1. The second kappa shape index (κ2) is 6.31. The molecule has 2 aromatic heterocycles. The Labute approximate surface area is 114 Å². The third-order valence-corrected chi connectivity index (χ3v) is 2.75. The lowest BCUT2D eigenvalue weighted by Crippen LogP contribution is -2.23. The Bertz CT molecular complexity index is 564. The first-order chi connectivity index (χ1) is 9.58. The first kappa shape index (κ1) is 14.2. The van der Waals surface area contributed by atoms with Crippen LogP contribution in [0, 0.1) is 17.0 Å². The van der Waals surface area contributed by atoms with Crippen molar-refractivity contribution in [2.24, 2.45) is 0 Å². The van der Waals surface area contributed by atoms with E-state index in [-0.39, 0.29) is 25.6 Å². The highest BCUT2D eigenvalue weighted by Gasteiger charge is 2.20. The van der Waals surface area contributed by atoms with Gasteiger partial charge in [-0.2, -0.15) is 0 Å². The summed E-state index contributed by atoms with van der Waals surface area (Å²) in [5.74, 6) is 0.983. The van der Waals surface area contributed by atoms with Gasteiger partial charge in [-0.3, -0.25) is 0 Å². The summed E-state index contributed by atoms with van der Waals surface area (Å²) in [6, 6.07) is 3.50. The summed E-state index contributed by atoms with van der Waals surface area (Å²) in [6.45, 7) is 1.99. The van der Waals surface area contributed by atoms with Crippen LogP contribution in [-0.2, 0) is 17.9 Å². The van der Waals surface area contributed by atoms with Gasteiger partial charge in [-0.1, -0.05) is 0 Å². The minimum absolute atomic E-state index is 0.0511. The van der Waals surface area contributed by atoms with Gasteiger partial charge in [0.1, 0.15) is 31.2 Å². The van der Waals surface area contributed by atoms with Crippen LogP contribution in [-0.4, -0.2) is 32.3 Å². The smallest absolute Gasteiger partial charge is 0.342 e. The van der Waals surface area contributed by atoms with E-state index in [1.165, 1.54) is 17.0 Å². The standard InChI is InChI=1S/C12H15N3O5/c1-9-13-5-12(15(17)18)14(9)6-10(16)7-19-8-11-3-2-4-20-11/h2-5,10,16H,6-8H2,1H3. The molecule has 0 aromatic carbocycles. The highest BCUT2D eigenvalue weighted by Crippen LogP contribution is 2.14. The third-order valence-electron chi connectivity index (χ3n) is 2.75. The lowest BCUT2D eigenvalue weighted by atomic mass is 10.3. The van der Waals surface area contributed by atoms with Crippen LogP contribution in [0.5, 0.6) is 0 Å². The van der Waals surface area contributed by atoms with Gasteiger partial charge in [0.2, 0.25) is 0 Å². The van der Waals surface area contributed by atoms with Crippen molar-refractivity contribution < 1.29 is 19.2 Å². The SMILES string of the molecule is Cc1ncc([N+](=O)[O-])n1CC(O)COCc1ccco1. The van der Waals surface area contributed by atoms with Crippen LogP contribution >= 0.6 is 0 Å². The van der Waals surface area contributed by atoms with E-state index in [0.717, 1.165) is 0 Å². The van der Waals surface area contributed by atoms with Crippen LogP contribution in [0.25, 0.3) is 0 Å². The summed E-state index contributed by atoms with van der Waals surface area (Å²) in [4.78, 5) is 14.1. The Hall–Kier alpha value is -2.19. The quantitative estimate of drug-likeness (QED) is 0.605. The van der Waals surface area contributed by atoms with Crippen molar-refractivity contribution in [3.63, 3.8) is 0 Å². The van der Waals surface area contributed by atoms with E-state index >= 15 is 0 Å². The normalized spacial score (nSPS) is 12.5. The van der Waals surface area contributed by atoms with E-state index in [4.69, 9.17) is 9.15 Å². The molecular weight excluding hydrogens is 266 g/mol. The molecule has 1 N–H and O–H groups in total. The Morgan fingerprint density at radius 2 is 2.45 bits per heavy atom. The molecule has 2 heterocycles. The van der Waals surface area contributed by atoms with E-state index in [1.54, 1.807) is 19.1 Å². The van der Waals surface area contributed by atoms with E-state index < -0.39 is 11.0 Å². The monoisotopic (exact) mass is 281 g/mol. The summed E-state index contributed by atoms with van der Waals surface area (Å²) >= 11 is 0. The van der Waals surface area contributed by atoms with Crippen molar-refractivity contribution in [3.05, 3.63) is 46.3 Å². The summed E-state index contributed by atoms with van der Waals surface area (Å²) in [7, 11) is 0. The molecule has 2 aromatic rings. The second-order valence-electron chi connectivity index (χ2n) is 4.28. The van der Waals surface area contributed by atoms with Gasteiger partial charge < -0.3 is 24.4 Å². The molecular formula is C12H15N3O5. The van der Waals surface area contributed by atoms with Crippen LogP contribution in [0.3, 0.4) is 0 Å². The topological polar surface area (TPSA) is 104 Å². The molecule has 0 amide bonds. The lowest BCUT2D eigenvalue weighted by molar-refractivity contribution is -0.392. The van der Waals surface area contributed by atoms with Crippen LogP contribution < -0.4 is 0 Å². The highest BCUT2D eigenvalue weighted by molar-refractivity contribution is 5.18. The molecule has 0 saturated carbocycles. The number of hydrogen-bond donors (Lipinski definition) is 1. The number of rotatable bonds is 7. The average molecular weight is 281 g/mol. The van der Waals surface area contributed by atoms with E-state index in [0.29, 0.717) is 11.6 Å². The molecule has 2 rings (SSSR count). The Morgan fingerprint density at radius 1 is 1.65 bits per heavy atom. The lowest BCUT2D eigenvalue weighted by Gasteiger charge is -2.10. The fourth-order valence-corrected chi connectivity index (χ4v) is 1.78. The molecule has 1 atom stereocenters. The Morgan fingerprint density at radius 3 is 3.10 bits per heavy atom. The maximum Gasteiger partial charge on any atom is 0.342 e. The van der Waals surface area contributed by atoms with Crippen molar-refractivity contribution in [1.82, 2.24) is 9.55 Å². The van der Waals surface area contributed by atoms with E-state index in [1.807, 2.05) is 0 Å². The zero-order chi connectivity index (χ0) is 14.5. The van der Waals surface area contributed by atoms with Gasteiger partial charge in [-0.05, 0) is 17.1 Å². The predicted octanol–water partition coefficient (Wildman–Crippen LogP) is 1.27. The van der Waals surface area contributed by atoms with E-state index in [9.17, 15) is 15.2 Å². The molecule has 0 radical (unpaired) electrons. The molecule has 8 heteroatoms. The number of aliphatic hydroxyl groups is 1. The number of furan rings is 1. The largest absolute Gasteiger partial charge is 0.467 e. The van der Waals surface area contributed by atoms with Gasteiger partial charge in [-0.15, -0.1) is 0 Å². The van der Waals surface area contributed by atoms with Crippen molar-refractivity contribution in [2.45, 2.75) is 26.2 Å². The van der Waals surface area contributed by atoms with Crippen LogP contribution in [0.15, 0.2) is 29.0 Å². The maximum atomic E-state index is 10.8. The minimum Gasteiger partial charge on any atom is -0.467 e. The molecule has 0 saturated heterocycles. The molecule has 0 aliphatic carbocycles. The first-order valence-electron chi connectivity index (χ1n) is 6.02. The Balaban J connectivity index is 1.86. The van der Waals surface area contributed by atoms with Crippen molar-refractivity contribution in [2.75, 3.05) is 6.61 Å². The summed E-state index contributed by atoms with van der Waals surface area (Å²) in [5, 5.41) is 20.7. The van der Waals surface area contributed by atoms with Crippen molar-refractivity contribution in [1.29, 1.82) is 0 Å². The van der Waals surface area contributed by atoms with Gasteiger partial charge in [0, 0.05) is 6.92 Å². The van der Waals surface area contributed by atoms with Crippen LogP contribution in [0.1, 0.15) is 11.6 Å². The van der Waals surface area contributed by atoms with Gasteiger partial charge in [0.05, 0.1) is 12.9 Å². The molecule has 0 aliphatic heterocycles. The highest BCUT2D eigenvalue weighted by atomic mass is 16.6. The molecule has 20 heavy (non-hydrogen) atoms. The molecule has 0 spiro atoms. The molecule has 0 bridgehead atoms. The van der Waals surface area contributed by atoms with Crippen LogP contribution in [0.2, 0.25) is 0 Å². The number of hydrogen-bond acceptors (Lipinski definition) is 6. The molecule has 108 valence electrons. The molecule has 8 nitrogen and oxygen atoms in total. The molecule has 1 unspecified atom stereocenters.